The summed E-state index contributed by atoms with van der Waals surface area (Å²) in [5.41, 5.74) is 1.36. The number of aryl methyl sites for hydroxylation is 1. The van der Waals surface area contributed by atoms with Crippen LogP contribution in [0.4, 0.5) is 5.69 Å². The maximum atomic E-state index is 12.0. The molecule has 2 aromatic carbocycles. The summed E-state index contributed by atoms with van der Waals surface area (Å²) in [6.07, 6.45) is 0. The minimum Gasteiger partial charge on any atom is -0.423 e. The second-order valence-corrected chi connectivity index (χ2v) is 5.27. The minimum absolute atomic E-state index is 0.117. The summed E-state index contributed by atoms with van der Waals surface area (Å²) in [6, 6.07) is 10.7. The smallest absolute Gasteiger partial charge is 0.343 e. The Morgan fingerprint density at radius 2 is 2.00 bits per heavy atom. The van der Waals surface area contributed by atoms with Crippen molar-refractivity contribution in [2.75, 3.05) is 0 Å². The molecule has 0 aliphatic carbocycles. The maximum absolute atomic E-state index is 12.0. The number of carbonyl (C=O) groups excluding carboxylic acids is 1. The molecule has 0 unspecified atom stereocenters. The van der Waals surface area contributed by atoms with E-state index < -0.39 is 10.9 Å². The molecule has 102 valence electrons. The number of non-ortho nitro benzene ring substituents is 1. The highest BCUT2D eigenvalue weighted by molar-refractivity contribution is 14.1. The number of benzene rings is 2. The molecule has 0 spiro atoms. The molecule has 2 aromatic rings. The highest BCUT2D eigenvalue weighted by Gasteiger charge is 2.12. The van der Waals surface area contributed by atoms with Crippen molar-refractivity contribution in [3.05, 3.63) is 67.3 Å². The Kier molecular flexibility index (Phi) is 4.33. The van der Waals surface area contributed by atoms with Crippen LogP contribution in [0.5, 0.6) is 5.75 Å². The zero-order valence-corrected chi connectivity index (χ0v) is 12.7. The predicted molar refractivity (Wildman–Crippen MR) is 82.0 cm³/mol. The lowest BCUT2D eigenvalue weighted by Crippen LogP contribution is -2.09. The van der Waals surface area contributed by atoms with Gasteiger partial charge < -0.3 is 4.74 Å². The Labute approximate surface area is 128 Å². The number of carbonyl (C=O) groups is 1. The fourth-order valence-corrected chi connectivity index (χ4v) is 2.06. The van der Waals surface area contributed by atoms with Crippen LogP contribution in [-0.2, 0) is 0 Å². The van der Waals surface area contributed by atoms with Crippen LogP contribution in [0, 0.1) is 20.6 Å². The van der Waals surface area contributed by atoms with Gasteiger partial charge in [0.05, 0.1) is 16.6 Å². The maximum Gasteiger partial charge on any atom is 0.343 e. The summed E-state index contributed by atoms with van der Waals surface area (Å²) in [4.78, 5) is 22.1. The van der Waals surface area contributed by atoms with Gasteiger partial charge in [-0.15, -0.1) is 0 Å². The Hall–Kier alpha value is -1.96. The van der Waals surface area contributed by atoms with Gasteiger partial charge >= 0.3 is 5.97 Å². The van der Waals surface area contributed by atoms with Crippen LogP contribution in [-0.4, -0.2) is 10.9 Å². The Morgan fingerprint density at radius 1 is 1.25 bits per heavy atom. The molecular weight excluding hydrogens is 373 g/mol. The fraction of sp³-hybridized carbons (Fsp3) is 0.0714. The quantitative estimate of drug-likeness (QED) is 0.266. The molecule has 0 saturated carbocycles. The SMILES string of the molecule is Cc1ccc(C(=O)Oc2cccc([N+](=O)[O-])c2)cc1I. The van der Waals surface area contributed by atoms with E-state index in [9.17, 15) is 14.9 Å². The monoisotopic (exact) mass is 383 g/mol. The highest BCUT2D eigenvalue weighted by atomic mass is 127. The van der Waals surface area contributed by atoms with E-state index in [1.165, 1.54) is 24.3 Å². The van der Waals surface area contributed by atoms with Gasteiger partial charge in [-0.3, -0.25) is 10.1 Å². The second-order valence-electron chi connectivity index (χ2n) is 4.11. The van der Waals surface area contributed by atoms with Crippen LogP contribution >= 0.6 is 22.6 Å². The van der Waals surface area contributed by atoms with E-state index in [1.54, 1.807) is 12.1 Å². The first-order chi connectivity index (χ1) is 9.47. The molecule has 0 bridgehead atoms. The number of nitro groups is 1. The largest absolute Gasteiger partial charge is 0.423 e. The van der Waals surface area contributed by atoms with Gasteiger partial charge in [0.2, 0.25) is 0 Å². The van der Waals surface area contributed by atoms with Crippen molar-refractivity contribution < 1.29 is 14.5 Å². The third-order valence-electron chi connectivity index (χ3n) is 2.65. The van der Waals surface area contributed by atoms with Gasteiger partial charge in [-0.25, -0.2) is 4.79 Å². The van der Waals surface area contributed by atoms with Crippen molar-refractivity contribution in [2.24, 2.45) is 0 Å². The average molecular weight is 383 g/mol. The summed E-state index contributed by atoms with van der Waals surface area (Å²) >= 11 is 2.13. The van der Waals surface area contributed by atoms with Crippen molar-refractivity contribution in [3.8, 4) is 5.75 Å². The van der Waals surface area contributed by atoms with Gasteiger partial charge in [0, 0.05) is 9.64 Å². The van der Waals surface area contributed by atoms with E-state index in [2.05, 4.69) is 22.6 Å². The number of rotatable bonds is 3. The van der Waals surface area contributed by atoms with E-state index in [0.29, 0.717) is 5.56 Å². The lowest BCUT2D eigenvalue weighted by molar-refractivity contribution is -0.384. The van der Waals surface area contributed by atoms with Gasteiger partial charge in [-0.2, -0.15) is 0 Å². The zero-order valence-electron chi connectivity index (χ0n) is 10.5. The minimum atomic E-state index is -0.539. The second kappa shape index (κ2) is 6.00. The molecule has 0 aliphatic heterocycles. The number of ether oxygens (including phenoxy) is 1. The molecule has 0 atom stereocenters. The molecule has 0 heterocycles. The average Bonchev–Trinajstić information content (AvgIpc) is 2.42. The Balaban J connectivity index is 2.21. The van der Waals surface area contributed by atoms with E-state index in [1.807, 2.05) is 13.0 Å². The number of hydrogen-bond donors (Lipinski definition) is 0. The lowest BCUT2D eigenvalue weighted by atomic mass is 10.1. The van der Waals surface area contributed by atoms with E-state index in [0.717, 1.165) is 9.13 Å². The molecule has 0 N–H and O–H groups in total. The standard InChI is InChI=1S/C14H10INO4/c1-9-5-6-10(7-13(9)15)14(17)20-12-4-2-3-11(8-12)16(18)19/h2-8H,1H3. The summed E-state index contributed by atoms with van der Waals surface area (Å²) < 4.78 is 6.09. The van der Waals surface area contributed by atoms with Gasteiger partial charge in [0.25, 0.3) is 5.69 Å². The lowest BCUT2D eigenvalue weighted by Gasteiger charge is -2.05. The number of esters is 1. The number of nitrogens with zero attached hydrogens (tertiary/aromatic N) is 1. The molecule has 0 aliphatic rings. The molecule has 0 aromatic heterocycles. The van der Waals surface area contributed by atoms with Crippen LogP contribution in [0.1, 0.15) is 15.9 Å². The molecule has 0 amide bonds. The number of nitro benzene ring substituents is 1. The molecular formula is C14H10INO4. The van der Waals surface area contributed by atoms with Crippen molar-refractivity contribution in [1.29, 1.82) is 0 Å². The number of halogens is 1. The number of hydrogen-bond acceptors (Lipinski definition) is 4. The van der Waals surface area contributed by atoms with Crippen LogP contribution in [0.15, 0.2) is 42.5 Å². The first-order valence-electron chi connectivity index (χ1n) is 5.70. The zero-order chi connectivity index (χ0) is 14.7. The molecule has 0 radical (unpaired) electrons. The highest BCUT2D eigenvalue weighted by Crippen LogP contribution is 2.21. The van der Waals surface area contributed by atoms with Gasteiger partial charge in [-0.05, 0) is 53.3 Å². The predicted octanol–water partition coefficient (Wildman–Crippen LogP) is 3.73. The summed E-state index contributed by atoms with van der Waals surface area (Å²) in [7, 11) is 0. The molecule has 5 nitrogen and oxygen atoms in total. The summed E-state index contributed by atoms with van der Waals surface area (Å²) in [5.74, 6) is -0.386. The van der Waals surface area contributed by atoms with E-state index in [-0.39, 0.29) is 11.4 Å². The third kappa shape index (κ3) is 3.32. The van der Waals surface area contributed by atoms with Crippen molar-refractivity contribution in [3.63, 3.8) is 0 Å². The summed E-state index contributed by atoms with van der Waals surface area (Å²) in [5, 5.41) is 10.7. The third-order valence-corrected chi connectivity index (χ3v) is 3.81. The fourth-order valence-electron chi connectivity index (χ4n) is 1.55. The van der Waals surface area contributed by atoms with Gasteiger partial charge in [0.15, 0.2) is 0 Å². The molecule has 0 saturated heterocycles. The van der Waals surface area contributed by atoms with Crippen molar-refractivity contribution in [1.82, 2.24) is 0 Å². The van der Waals surface area contributed by atoms with E-state index in [4.69, 9.17) is 4.74 Å². The molecule has 20 heavy (non-hydrogen) atoms. The first-order valence-corrected chi connectivity index (χ1v) is 6.78. The Bertz CT molecular complexity index is 685. The normalized spacial score (nSPS) is 10.1. The molecule has 2 rings (SSSR count). The van der Waals surface area contributed by atoms with Crippen LogP contribution in [0.3, 0.4) is 0 Å². The van der Waals surface area contributed by atoms with Crippen LogP contribution in [0.25, 0.3) is 0 Å². The summed E-state index contributed by atoms with van der Waals surface area (Å²) in [6.45, 7) is 1.94. The van der Waals surface area contributed by atoms with Crippen LogP contribution in [0.2, 0.25) is 0 Å². The van der Waals surface area contributed by atoms with Gasteiger partial charge in [-0.1, -0.05) is 12.1 Å². The van der Waals surface area contributed by atoms with Crippen molar-refractivity contribution in [2.45, 2.75) is 6.92 Å². The first kappa shape index (κ1) is 14.4. The van der Waals surface area contributed by atoms with Crippen molar-refractivity contribution >= 4 is 34.2 Å². The van der Waals surface area contributed by atoms with Gasteiger partial charge in [0.1, 0.15) is 5.75 Å². The topological polar surface area (TPSA) is 69.4 Å². The van der Waals surface area contributed by atoms with Crippen LogP contribution < -0.4 is 4.74 Å². The molecule has 0 fully saturated rings. The Morgan fingerprint density at radius 3 is 2.65 bits per heavy atom. The van der Waals surface area contributed by atoms with E-state index >= 15 is 0 Å². The molecule has 6 heteroatoms.